The van der Waals surface area contributed by atoms with E-state index in [-0.39, 0.29) is 5.95 Å². The lowest BCUT2D eigenvalue weighted by molar-refractivity contribution is 0.266. The number of benzene rings is 1. The third kappa shape index (κ3) is 4.27. The highest BCUT2D eigenvalue weighted by Gasteiger charge is 2.11. The quantitative estimate of drug-likeness (QED) is 0.548. The predicted molar refractivity (Wildman–Crippen MR) is 112 cm³/mol. The van der Waals surface area contributed by atoms with Gasteiger partial charge in [-0.1, -0.05) is 30.3 Å². The smallest absolute Gasteiger partial charge is 0.221 e. The molecular formula is C21H23N7. The van der Waals surface area contributed by atoms with E-state index in [4.69, 9.17) is 5.73 Å². The molecule has 4 N–H and O–H groups in total. The molecule has 2 aromatic heterocycles. The number of hydrogen-bond acceptors (Lipinski definition) is 7. The standard InChI is InChI=1S/C21H23N7/c22-21-25-15-18(20(27-21)24-10-4-12-28-13-5-11-26-28)16-6-3-7-17(14-16)19-8-1-2-9-23-19/h1-3,5-9,11,14-15,26H,4,10,12-13H2,(H3,22,24,25,27). The van der Waals surface area contributed by atoms with Crippen LogP contribution in [0.5, 0.6) is 0 Å². The zero-order valence-electron chi connectivity index (χ0n) is 15.5. The highest BCUT2D eigenvalue weighted by Crippen LogP contribution is 2.29. The summed E-state index contributed by atoms with van der Waals surface area (Å²) in [5, 5.41) is 5.57. The second-order valence-corrected chi connectivity index (χ2v) is 6.54. The van der Waals surface area contributed by atoms with E-state index >= 15 is 0 Å². The van der Waals surface area contributed by atoms with Gasteiger partial charge >= 0.3 is 0 Å². The Kier molecular flexibility index (Phi) is 5.44. The average Bonchev–Trinajstić information content (AvgIpc) is 3.26. The van der Waals surface area contributed by atoms with E-state index in [9.17, 15) is 0 Å². The van der Waals surface area contributed by atoms with E-state index in [0.29, 0.717) is 0 Å². The molecule has 142 valence electrons. The Morgan fingerprint density at radius 2 is 2.04 bits per heavy atom. The van der Waals surface area contributed by atoms with Crippen LogP contribution >= 0.6 is 0 Å². The Balaban J connectivity index is 1.51. The number of nitrogens with zero attached hydrogens (tertiary/aromatic N) is 4. The third-order valence-electron chi connectivity index (χ3n) is 4.54. The van der Waals surface area contributed by atoms with Crippen LogP contribution in [0.4, 0.5) is 11.8 Å². The number of hydrogen-bond donors (Lipinski definition) is 3. The zero-order chi connectivity index (χ0) is 19.2. The summed E-state index contributed by atoms with van der Waals surface area (Å²) in [6.45, 7) is 2.68. The summed E-state index contributed by atoms with van der Waals surface area (Å²) in [7, 11) is 0. The van der Waals surface area contributed by atoms with Gasteiger partial charge in [-0.3, -0.25) is 4.98 Å². The first-order valence-electron chi connectivity index (χ1n) is 9.34. The number of rotatable bonds is 7. The van der Waals surface area contributed by atoms with Gasteiger partial charge in [-0.2, -0.15) is 4.98 Å². The fraction of sp³-hybridized carbons (Fsp3) is 0.190. The van der Waals surface area contributed by atoms with Crippen molar-refractivity contribution in [2.75, 3.05) is 30.7 Å². The maximum atomic E-state index is 5.83. The van der Waals surface area contributed by atoms with Gasteiger partial charge in [-0.15, -0.1) is 0 Å². The monoisotopic (exact) mass is 373 g/mol. The van der Waals surface area contributed by atoms with Gasteiger partial charge in [0.25, 0.3) is 0 Å². The van der Waals surface area contributed by atoms with E-state index in [0.717, 1.165) is 54.3 Å². The van der Waals surface area contributed by atoms with Crippen molar-refractivity contribution < 1.29 is 0 Å². The highest BCUT2D eigenvalue weighted by molar-refractivity contribution is 5.78. The molecule has 0 unspecified atom stereocenters. The van der Waals surface area contributed by atoms with Gasteiger partial charge in [0.1, 0.15) is 5.82 Å². The summed E-state index contributed by atoms with van der Waals surface area (Å²) in [5.74, 6) is 1.01. The second kappa shape index (κ2) is 8.49. The highest BCUT2D eigenvalue weighted by atomic mass is 15.5. The minimum Gasteiger partial charge on any atom is -0.369 e. The van der Waals surface area contributed by atoms with Crippen molar-refractivity contribution >= 4 is 11.8 Å². The number of anilines is 2. The van der Waals surface area contributed by atoms with Crippen LogP contribution in [0.15, 0.2) is 67.1 Å². The van der Waals surface area contributed by atoms with Crippen LogP contribution in [-0.4, -0.2) is 39.6 Å². The maximum absolute atomic E-state index is 5.83. The van der Waals surface area contributed by atoms with Crippen molar-refractivity contribution in [1.82, 2.24) is 25.4 Å². The lowest BCUT2D eigenvalue weighted by Crippen LogP contribution is -2.31. The fourth-order valence-corrected chi connectivity index (χ4v) is 3.14. The van der Waals surface area contributed by atoms with Gasteiger partial charge < -0.3 is 16.5 Å². The summed E-state index contributed by atoms with van der Waals surface area (Å²) >= 11 is 0. The van der Waals surface area contributed by atoms with Gasteiger partial charge in [0.2, 0.25) is 5.95 Å². The van der Waals surface area contributed by atoms with Crippen molar-refractivity contribution in [3.8, 4) is 22.4 Å². The van der Waals surface area contributed by atoms with Gasteiger partial charge in [0.05, 0.1) is 5.69 Å². The minimum atomic E-state index is 0.262. The maximum Gasteiger partial charge on any atom is 0.221 e. The van der Waals surface area contributed by atoms with Crippen molar-refractivity contribution in [3.05, 3.63) is 67.1 Å². The summed E-state index contributed by atoms with van der Waals surface area (Å²) < 4.78 is 0. The van der Waals surface area contributed by atoms with Crippen LogP contribution in [0.3, 0.4) is 0 Å². The van der Waals surface area contributed by atoms with Gasteiger partial charge in [0, 0.05) is 49.4 Å². The molecule has 1 aromatic carbocycles. The molecule has 3 aromatic rings. The SMILES string of the molecule is Nc1ncc(-c2cccc(-c3ccccn3)c2)c(NCCCN2CC=CN2)n1. The van der Waals surface area contributed by atoms with Crippen LogP contribution in [-0.2, 0) is 0 Å². The molecule has 1 aliphatic heterocycles. The van der Waals surface area contributed by atoms with E-state index < -0.39 is 0 Å². The zero-order valence-corrected chi connectivity index (χ0v) is 15.5. The first-order chi connectivity index (χ1) is 13.8. The Hall–Kier alpha value is -3.45. The molecule has 4 rings (SSSR count). The number of nitrogens with two attached hydrogens (primary N) is 1. The van der Waals surface area contributed by atoms with Crippen LogP contribution in [0.2, 0.25) is 0 Å². The van der Waals surface area contributed by atoms with Crippen LogP contribution < -0.4 is 16.5 Å². The van der Waals surface area contributed by atoms with Crippen LogP contribution in [0, 0.1) is 0 Å². The molecule has 0 fully saturated rings. The van der Waals surface area contributed by atoms with Crippen LogP contribution in [0.1, 0.15) is 6.42 Å². The number of hydrazine groups is 1. The minimum absolute atomic E-state index is 0.262. The first-order valence-corrected chi connectivity index (χ1v) is 9.34. The number of nitrogens with one attached hydrogen (secondary N) is 2. The lowest BCUT2D eigenvalue weighted by Gasteiger charge is -2.16. The molecule has 3 heterocycles. The largest absolute Gasteiger partial charge is 0.369 e. The molecule has 28 heavy (non-hydrogen) atoms. The van der Waals surface area contributed by atoms with Crippen molar-refractivity contribution in [3.63, 3.8) is 0 Å². The molecule has 7 nitrogen and oxygen atoms in total. The van der Waals surface area contributed by atoms with E-state index in [1.54, 1.807) is 12.4 Å². The fourth-order valence-electron chi connectivity index (χ4n) is 3.14. The molecule has 1 aliphatic rings. The topological polar surface area (TPSA) is 92.0 Å². The molecule has 0 saturated carbocycles. The van der Waals surface area contributed by atoms with E-state index in [1.807, 2.05) is 42.6 Å². The second-order valence-electron chi connectivity index (χ2n) is 6.54. The number of aromatic nitrogens is 3. The summed E-state index contributed by atoms with van der Waals surface area (Å²) in [4.78, 5) is 13.1. The van der Waals surface area contributed by atoms with E-state index in [1.165, 1.54) is 0 Å². The predicted octanol–water partition coefficient (Wildman–Crippen LogP) is 2.92. The molecule has 0 radical (unpaired) electrons. The molecule has 0 saturated heterocycles. The Bertz CT molecular complexity index is 948. The Morgan fingerprint density at radius 1 is 1.11 bits per heavy atom. The van der Waals surface area contributed by atoms with Gasteiger partial charge in [-0.25, -0.2) is 9.99 Å². The molecule has 0 bridgehead atoms. The number of pyridine rings is 1. The summed E-state index contributed by atoms with van der Waals surface area (Å²) in [6.07, 6.45) is 8.61. The third-order valence-corrected chi connectivity index (χ3v) is 4.54. The van der Waals surface area contributed by atoms with Gasteiger partial charge in [0.15, 0.2) is 0 Å². The van der Waals surface area contributed by atoms with Gasteiger partial charge in [-0.05, 0) is 30.2 Å². The average molecular weight is 373 g/mol. The molecule has 0 aliphatic carbocycles. The number of nitrogen functional groups attached to an aromatic ring is 1. The molecule has 0 atom stereocenters. The normalized spacial score (nSPS) is 13.4. The molecule has 7 heteroatoms. The lowest BCUT2D eigenvalue weighted by atomic mass is 10.0. The Morgan fingerprint density at radius 3 is 2.86 bits per heavy atom. The van der Waals surface area contributed by atoms with Crippen molar-refractivity contribution in [1.29, 1.82) is 0 Å². The first kappa shape index (κ1) is 17.9. The van der Waals surface area contributed by atoms with E-state index in [2.05, 4.69) is 42.8 Å². The van der Waals surface area contributed by atoms with Crippen molar-refractivity contribution in [2.24, 2.45) is 0 Å². The van der Waals surface area contributed by atoms with Crippen molar-refractivity contribution in [2.45, 2.75) is 6.42 Å². The summed E-state index contributed by atoms with van der Waals surface area (Å²) in [5.41, 5.74) is 13.0. The molecule has 0 spiro atoms. The Labute approximate surface area is 164 Å². The molecule has 0 amide bonds. The summed E-state index contributed by atoms with van der Waals surface area (Å²) in [6, 6.07) is 14.1. The van der Waals surface area contributed by atoms with Crippen LogP contribution in [0.25, 0.3) is 22.4 Å². The molecular weight excluding hydrogens is 350 g/mol.